The lowest BCUT2D eigenvalue weighted by atomic mass is 9.97. The van der Waals surface area contributed by atoms with Crippen molar-refractivity contribution in [2.24, 2.45) is 0 Å². The Hall–Kier alpha value is -3.37. The minimum atomic E-state index is -0.100. The van der Waals surface area contributed by atoms with Gasteiger partial charge in [0.1, 0.15) is 6.33 Å². The van der Waals surface area contributed by atoms with E-state index in [0.717, 1.165) is 34.6 Å². The fraction of sp³-hybridized carbons (Fsp3) is 0.182. The maximum atomic E-state index is 13.0. The zero-order valence-corrected chi connectivity index (χ0v) is 16.6. The number of aromatic amines is 1. The monoisotopic (exact) mass is 401 g/mol. The Labute approximate surface area is 173 Å². The van der Waals surface area contributed by atoms with Crippen LogP contribution in [0.2, 0.25) is 0 Å². The highest BCUT2D eigenvalue weighted by Crippen LogP contribution is 2.24. The van der Waals surface area contributed by atoms with Crippen molar-refractivity contribution in [1.82, 2.24) is 19.6 Å². The number of aromatic nitrogens is 4. The van der Waals surface area contributed by atoms with E-state index >= 15 is 0 Å². The van der Waals surface area contributed by atoms with Crippen molar-refractivity contribution in [3.05, 3.63) is 87.6 Å². The van der Waals surface area contributed by atoms with Gasteiger partial charge in [0, 0.05) is 12.0 Å². The van der Waals surface area contributed by atoms with Gasteiger partial charge in [0.05, 0.1) is 17.3 Å². The largest absolute Gasteiger partial charge is 0.268 e. The molecule has 2 heterocycles. The van der Waals surface area contributed by atoms with Gasteiger partial charge >= 0.3 is 0 Å². The highest BCUT2D eigenvalue weighted by Gasteiger charge is 2.14. The van der Waals surface area contributed by atoms with Crippen LogP contribution in [-0.2, 0) is 12.8 Å². The number of nitrogens with zero attached hydrogens (tertiary/aromatic N) is 4. The lowest BCUT2D eigenvalue weighted by Gasteiger charge is -2.10. The zero-order valence-electron chi connectivity index (χ0n) is 15.7. The molecule has 0 fully saturated rings. The first kappa shape index (κ1) is 19.0. The van der Waals surface area contributed by atoms with E-state index in [0.29, 0.717) is 29.7 Å². The lowest BCUT2D eigenvalue weighted by molar-refractivity contribution is 0.844. The molecular weight excluding hydrogens is 382 g/mol. The van der Waals surface area contributed by atoms with Gasteiger partial charge in [0.25, 0.3) is 5.56 Å². The summed E-state index contributed by atoms with van der Waals surface area (Å²) in [7, 11) is 0. The zero-order chi connectivity index (χ0) is 20.2. The Balaban J connectivity index is 1.69. The van der Waals surface area contributed by atoms with Crippen LogP contribution in [0.25, 0.3) is 16.9 Å². The van der Waals surface area contributed by atoms with E-state index in [1.807, 2.05) is 48.5 Å². The first-order valence-corrected chi connectivity index (χ1v) is 9.97. The third kappa shape index (κ3) is 3.80. The standard InChI is InChI=1S/C22H19N5OS/c23-13-17-4-1-2-5-18(17)16-9-7-15(8-10-16)12-19-20(6-3-11-29)25-22-26-24-14-27(22)21(19)28/h1-2,4-5,7-10,14,29H,3,6,11-12H2,(H,25,26). The summed E-state index contributed by atoms with van der Waals surface area (Å²) in [6.07, 6.45) is 3.48. The van der Waals surface area contributed by atoms with Crippen molar-refractivity contribution in [2.45, 2.75) is 19.3 Å². The van der Waals surface area contributed by atoms with Gasteiger partial charge in [-0.15, -0.1) is 0 Å². The molecule has 0 bridgehead atoms. The molecule has 0 radical (unpaired) electrons. The summed E-state index contributed by atoms with van der Waals surface area (Å²) in [6.45, 7) is 0. The Morgan fingerprint density at radius 2 is 1.93 bits per heavy atom. The Bertz CT molecular complexity index is 1250. The maximum absolute atomic E-state index is 13.0. The van der Waals surface area contributed by atoms with Crippen molar-refractivity contribution in [1.29, 1.82) is 5.26 Å². The van der Waals surface area contributed by atoms with Crippen molar-refractivity contribution in [3.8, 4) is 17.2 Å². The number of hydrogen-bond donors (Lipinski definition) is 2. The molecule has 0 aliphatic rings. The van der Waals surface area contributed by atoms with E-state index < -0.39 is 0 Å². The lowest BCUT2D eigenvalue weighted by Crippen LogP contribution is -2.22. The van der Waals surface area contributed by atoms with Gasteiger partial charge in [-0.2, -0.15) is 23.0 Å². The molecule has 0 saturated carbocycles. The van der Waals surface area contributed by atoms with Crippen molar-refractivity contribution in [2.75, 3.05) is 5.75 Å². The van der Waals surface area contributed by atoms with Gasteiger partial charge in [-0.1, -0.05) is 42.5 Å². The molecule has 0 saturated heterocycles. The molecule has 0 spiro atoms. The molecule has 2 aromatic carbocycles. The highest BCUT2D eigenvalue weighted by molar-refractivity contribution is 7.80. The summed E-state index contributed by atoms with van der Waals surface area (Å²) >= 11 is 4.28. The van der Waals surface area contributed by atoms with E-state index in [2.05, 4.69) is 33.9 Å². The second kappa shape index (κ2) is 8.33. The Morgan fingerprint density at radius 1 is 1.14 bits per heavy atom. The van der Waals surface area contributed by atoms with Crippen LogP contribution >= 0.6 is 12.6 Å². The van der Waals surface area contributed by atoms with E-state index in [1.165, 1.54) is 10.7 Å². The molecule has 0 atom stereocenters. The average Bonchev–Trinajstić information content (AvgIpc) is 3.24. The van der Waals surface area contributed by atoms with Gasteiger partial charge in [0.15, 0.2) is 0 Å². The first-order valence-electron chi connectivity index (χ1n) is 9.34. The van der Waals surface area contributed by atoms with Crippen LogP contribution in [0.1, 0.15) is 28.8 Å². The SMILES string of the molecule is N#Cc1ccccc1-c1ccc(Cc2c(CCCS)nc3[nH]ncn3c2=O)cc1. The third-order valence-corrected chi connectivity index (χ3v) is 5.21. The van der Waals surface area contributed by atoms with Gasteiger partial charge in [0.2, 0.25) is 5.78 Å². The maximum Gasteiger partial charge on any atom is 0.264 e. The van der Waals surface area contributed by atoms with Crippen LogP contribution < -0.4 is 5.56 Å². The minimum Gasteiger partial charge on any atom is -0.268 e. The predicted molar refractivity (Wildman–Crippen MR) is 115 cm³/mol. The molecule has 6 nitrogen and oxygen atoms in total. The van der Waals surface area contributed by atoms with E-state index in [-0.39, 0.29) is 5.56 Å². The minimum absolute atomic E-state index is 0.100. The van der Waals surface area contributed by atoms with E-state index in [9.17, 15) is 10.1 Å². The van der Waals surface area contributed by atoms with Crippen molar-refractivity contribution >= 4 is 18.4 Å². The highest BCUT2D eigenvalue weighted by atomic mass is 32.1. The average molecular weight is 401 g/mol. The van der Waals surface area contributed by atoms with Crippen molar-refractivity contribution < 1.29 is 0 Å². The van der Waals surface area contributed by atoms with Gasteiger partial charge in [-0.05, 0) is 41.4 Å². The van der Waals surface area contributed by atoms with E-state index in [1.54, 1.807) is 0 Å². The summed E-state index contributed by atoms with van der Waals surface area (Å²) in [5.74, 6) is 1.19. The topological polar surface area (TPSA) is 86.8 Å². The van der Waals surface area contributed by atoms with Crippen LogP contribution in [-0.4, -0.2) is 25.3 Å². The molecule has 0 aliphatic heterocycles. The molecule has 2 aromatic heterocycles. The first-order chi connectivity index (χ1) is 14.2. The molecule has 0 unspecified atom stereocenters. The Kier molecular flexibility index (Phi) is 5.45. The molecule has 4 rings (SSSR count). The molecule has 4 aromatic rings. The van der Waals surface area contributed by atoms with Gasteiger partial charge < -0.3 is 0 Å². The molecule has 0 aliphatic carbocycles. The van der Waals surface area contributed by atoms with Crippen LogP contribution in [0, 0.1) is 11.3 Å². The number of thiol groups is 1. The fourth-order valence-electron chi connectivity index (χ4n) is 3.41. The fourth-order valence-corrected chi connectivity index (χ4v) is 3.57. The number of benzene rings is 2. The van der Waals surface area contributed by atoms with Crippen LogP contribution in [0.4, 0.5) is 0 Å². The van der Waals surface area contributed by atoms with Gasteiger partial charge in [-0.25, -0.2) is 14.5 Å². The van der Waals surface area contributed by atoms with E-state index in [4.69, 9.17) is 0 Å². The number of hydrogen-bond acceptors (Lipinski definition) is 5. The summed E-state index contributed by atoms with van der Waals surface area (Å²) in [6, 6.07) is 17.7. The predicted octanol–water partition coefficient (Wildman–Crippen LogP) is 3.41. The second-order valence-electron chi connectivity index (χ2n) is 6.75. The normalized spacial score (nSPS) is 10.9. The second-order valence-corrected chi connectivity index (χ2v) is 7.20. The summed E-state index contributed by atoms with van der Waals surface area (Å²) in [5.41, 5.74) is 4.89. The number of aryl methyl sites for hydroxylation is 1. The van der Waals surface area contributed by atoms with Crippen LogP contribution in [0.3, 0.4) is 0 Å². The Morgan fingerprint density at radius 3 is 2.69 bits per heavy atom. The molecule has 7 heteroatoms. The molecule has 0 amide bonds. The molecular formula is C22H19N5OS. The molecule has 144 valence electrons. The quantitative estimate of drug-likeness (QED) is 0.485. The molecule has 29 heavy (non-hydrogen) atoms. The molecule has 1 N–H and O–H groups in total. The number of H-pyrrole nitrogens is 1. The number of fused-ring (bicyclic) bond motifs is 1. The smallest absolute Gasteiger partial charge is 0.264 e. The van der Waals surface area contributed by atoms with Crippen molar-refractivity contribution in [3.63, 3.8) is 0 Å². The number of rotatable bonds is 6. The number of nitriles is 1. The van der Waals surface area contributed by atoms with Gasteiger partial charge in [-0.3, -0.25) is 4.79 Å². The van der Waals surface area contributed by atoms with Crippen LogP contribution in [0.5, 0.6) is 0 Å². The summed E-state index contributed by atoms with van der Waals surface area (Å²) in [5, 5.41) is 16.0. The summed E-state index contributed by atoms with van der Waals surface area (Å²) < 4.78 is 1.44. The van der Waals surface area contributed by atoms with Crippen LogP contribution in [0.15, 0.2) is 59.7 Å². The third-order valence-electron chi connectivity index (χ3n) is 4.90. The number of nitrogens with one attached hydrogen (secondary N) is 1. The summed E-state index contributed by atoms with van der Waals surface area (Å²) in [4.78, 5) is 17.6.